The molecule has 0 fully saturated rings. The first-order chi connectivity index (χ1) is 9.31. The van der Waals surface area contributed by atoms with Crippen LogP contribution < -0.4 is 0 Å². The molecule has 0 saturated heterocycles. The third-order valence-corrected chi connectivity index (χ3v) is 4.30. The average Bonchev–Trinajstić information content (AvgIpc) is 2.38. The number of carbonyl (C=O) groups is 1. The molecule has 1 aromatic carbocycles. The lowest BCUT2D eigenvalue weighted by atomic mass is 9.84. The number of hydrogen-bond donors (Lipinski definition) is 0. The fourth-order valence-corrected chi connectivity index (χ4v) is 2.92. The van der Waals surface area contributed by atoms with Gasteiger partial charge in [-0.1, -0.05) is 26.8 Å². The summed E-state index contributed by atoms with van der Waals surface area (Å²) in [6.07, 6.45) is 0.667. The lowest BCUT2D eigenvalue weighted by Crippen LogP contribution is -2.52. The average molecular weight is 279 g/mol. The Balaban J connectivity index is 3.35. The number of nitrogens with zero attached hydrogens (tertiary/aromatic N) is 1. The van der Waals surface area contributed by atoms with Crippen LogP contribution in [-0.4, -0.2) is 29.3 Å². The van der Waals surface area contributed by atoms with Gasteiger partial charge in [-0.15, -0.1) is 0 Å². The van der Waals surface area contributed by atoms with E-state index in [1.807, 2.05) is 47.6 Å². The molecule has 0 heterocycles. The Kier molecular flexibility index (Phi) is 5.46. The molecular formula is C17H26FNO. The third-order valence-electron chi connectivity index (χ3n) is 4.30. The molecule has 1 atom stereocenters. The van der Waals surface area contributed by atoms with Crippen LogP contribution in [0.5, 0.6) is 0 Å². The minimum absolute atomic E-state index is 0.112. The van der Waals surface area contributed by atoms with Gasteiger partial charge in [-0.2, -0.15) is 0 Å². The van der Waals surface area contributed by atoms with Gasteiger partial charge in [-0.05, 0) is 57.5 Å². The standard InChI is InChI=1S/C17H26FNO/c1-7-17(6,19(8-2)9-3)16(20)15-13(5)10-12(4)11-14(15)18/h10-11H,7-9H2,1-6H3. The summed E-state index contributed by atoms with van der Waals surface area (Å²) in [6.45, 7) is 13.2. The number of likely N-dealkylation sites (N-methyl/N-ethyl adjacent to an activating group) is 1. The second kappa shape index (κ2) is 6.49. The van der Waals surface area contributed by atoms with E-state index in [1.54, 1.807) is 0 Å². The van der Waals surface area contributed by atoms with E-state index in [9.17, 15) is 9.18 Å². The van der Waals surface area contributed by atoms with Crippen LogP contribution in [0.4, 0.5) is 4.39 Å². The highest BCUT2D eigenvalue weighted by atomic mass is 19.1. The predicted molar refractivity (Wildman–Crippen MR) is 81.8 cm³/mol. The van der Waals surface area contributed by atoms with Crippen molar-refractivity contribution in [3.63, 3.8) is 0 Å². The van der Waals surface area contributed by atoms with Gasteiger partial charge in [0.1, 0.15) is 5.82 Å². The summed E-state index contributed by atoms with van der Waals surface area (Å²) in [5.74, 6) is -0.516. The lowest BCUT2D eigenvalue weighted by Gasteiger charge is -2.38. The van der Waals surface area contributed by atoms with Crippen molar-refractivity contribution in [1.82, 2.24) is 4.90 Å². The van der Waals surface area contributed by atoms with E-state index in [0.29, 0.717) is 6.42 Å². The maximum Gasteiger partial charge on any atom is 0.185 e. The Labute approximate surface area is 122 Å². The minimum atomic E-state index is -0.648. The van der Waals surface area contributed by atoms with E-state index in [-0.39, 0.29) is 11.3 Å². The van der Waals surface area contributed by atoms with Crippen LogP contribution in [0.2, 0.25) is 0 Å². The van der Waals surface area contributed by atoms with Crippen molar-refractivity contribution in [2.45, 2.75) is 53.5 Å². The smallest absolute Gasteiger partial charge is 0.185 e. The van der Waals surface area contributed by atoms with Crippen molar-refractivity contribution in [3.8, 4) is 0 Å². The Morgan fingerprint density at radius 3 is 2.15 bits per heavy atom. The molecule has 0 N–H and O–H groups in total. The number of aryl methyl sites for hydroxylation is 2. The molecule has 3 heteroatoms. The number of ketones is 1. The molecular weight excluding hydrogens is 253 g/mol. The molecule has 1 unspecified atom stereocenters. The normalized spacial score (nSPS) is 14.4. The van der Waals surface area contributed by atoms with Crippen LogP contribution >= 0.6 is 0 Å². The number of rotatable bonds is 6. The van der Waals surface area contributed by atoms with E-state index >= 15 is 0 Å². The van der Waals surface area contributed by atoms with Crippen LogP contribution in [-0.2, 0) is 0 Å². The SMILES string of the molecule is CCN(CC)C(C)(CC)C(=O)c1c(C)cc(C)cc1F. The Morgan fingerprint density at radius 1 is 1.20 bits per heavy atom. The lowest BCUT2D eigenvalue weighted by molar-refractivity contribution is 0.0602. The molecule has 0 amide bonds. The van der Waals surface area contributed by atoms with Gasteiger partial charge in [0, 0.05) is 0 Å². The highest BCUT2D eigenvalue weighted by molar-refractivity contribution is 6.04. The van der Waals surface area contributed by atoms with Crippen LogP contribution in [0, 0.1) is 19.7 Å². The predicted octanol–water partition coefficient (Wildman–Crippen LogP) is 4.14. The van der Waals surface area contributed by atoms with Gasteiger partial charge in [-0.25, -0.2) is 4.39 Å². The monoisotopic (exact) mass is 279 g/mol. The number of halogens is 1. The molecule has 0 aromatic heterocycles. The van der Waals surface area contributed by atoms with E-state index in [2.05, 4.69) is 4.90 Å². The first kappa shape index (κ1) is 16.8. The van der Waals surface area contributed by atoms with E-state index in [1.165, 1.54) is 6.07 Å². The van der Waals surface area contributed by atoms with Gasteiger partial charge >= 0.3 is 0 Å². The van der Waals surface area contributed by atoms with Gasteiger partial charge in [0.15, 0.2) is 5.78 Å². The number of hydrogen-bond acceptors (Lipinski definition) is 2. The van der Waals surface area contributed by atoms with Gasteiger partial charge in [-0.3, -0.25) is 9.69 Å². The molecule has 112 valence electrons. The molecule has 0 aliphatic rings. The highest BCUT2D eigenvalue weighted by Gasteiger charge is 2.38. The molecule has 20 heavy (non-hydrogen) atoms. The Bertz CT molecular complexity index is 471. The number of benzene rings is 1. The van der Waals surface area contributed by atoms with Gasteiger partial charge < -0.3 is 0 Å². The van der Waals surface area contributed by atoms with E-state index < -0.39 is 11.4 Å². The molecule has 1 rings (SSSR count). The Morgan fingerprint density at radius 2 is 1.75 bits per heavy atom. The largest absolute Gasteiger partial charge is 0.292 e. The second-order valence-corrected chi connectivity index (χ2v) is 5.57. The molecule has 0 bridgehead atoms. The number of carbonyl (C=O) groups excluding carboxylic acids is 1. The molecule has 0 radical (unpaired) electrons. The first-order valence-corrected chi connectivity index (χ1v) is 7.38. The summed E-state index contributed by atoms with van der Waals surface area (Å²) in [6, 6.07) is 3.31. The summed E-state index contributed by atoms with van der Waals surface area (Å²) in [5, 5.41) is 0. The quantitative estimate of drug-likeness (QED) is 0.730. The minimum Gasteiger partial charge on any atom is -0.292 e. The second-order valence-electron chi connectivity index (χ2n) is 5.57. The topological polar surface area (TPSA) is 20.3 Å². The fourth-order valence-electron chi connectivity index (χ4n) is 2.92. The zero-order valence-electron chi connectivity index (χ0n) is 13.5. The summed E-state index contributed by atoms with van der Waals surface area (Å²) in [7, 11) is 0. The summed E-state index contributed by atoms with van der Waals surface area (Å²) >= 11 is 0. The van der Waals surface area contributed by atoms with Crippen LogP contribution in [0.1, 0.15) is 55.6 Å². The third kappa shape index (κ3) is 2.93. The summed E-state index contributed by atoms with van der Waals surface area (Å²) in [5.41, 5.74) is 1.16. The zero-order valence-corrected chi connectivity index (χ0v) is 13.5. The van der Waals surface area contributed by atoms with E-state index in [4.69, 9.17) is 0 Å². The van der Waals surface area contributed by atoms with Gasteiger partial charge in [0.05, 0.1) is 11.1 Å². The molecule has 2 nitrogen and oxygen atoms in total. The summed E-state index contributed by atoms with van der Waals surface area (Å²) in [4.78, 5) is 15.0. The van der Waals surface area contributed by atoms with E-state index in [0.717, 1.165) is 24.2 Å². The molecule has 0 aliphatic heterocycles. The van der Waals surface area contributed by atoms with Crippen molar-refractivity contribution in [1.29, 1.82) is 0 Å². The fraction of sp³-hybridized carbons (Fsp3) is 0.588. The molecule has 0 spiro atoms. The summed E-state index contributed by atoms with van der Waals surface area (Å²) < 4.78 is 14.3. The Hall–Kier alpha value is -1.22. The maximum absolute atomic E-state index is 14.3. The van der Waals surface area contributed by atoms with Crippen molar-refractivity contribution in [2.24, 2.45) is 0 Å². The first-order valence-electron chi connectivity index (χ1n) is 7.38. The maximum atomic E-state index is 14.3. The van der Waals surface area contributed by atoms with Crippen LogP contribution in [0.15, 0.2) is 12.1 Å². The van der Waals surface area contributed by atoms with Gasteiger partial charge in [0.2, 0.25) is 0 Å². The van der Waals surface area contributed by atoms with Crippen molar-refractivity contribution in [3.05, 3.63) is 34.6 Å². The van der Waals surface area contributed by atoms with Crippen molar-refractivity contribution in [2.75, 3.05) is 13.1 Å². The van der Waals surface area contributed by atoms with Crippen LogP contribution in [0.25, 0.3) is 0 Å². The molecule has 0 aliphatic carbocycles. The number of Topliss-reactive ketones (excluding diaryl/α,β-unsaturated/α-hetero) is 1. The molecule has 1 aromatic rings. The zero-order chi connectivity index (χ0) is 15.5. The van der Waals surface area contributed by atoms with Crippen LogP contribution in [0.3, 0.4) is 0 Å². The van der Waals surface area contributed by atoms with Crippen molar-refractivity contribution < 1.29 is 9.18 Å². The van der Waals surface area contributed by atoms with Crippen molar-refractivity contribution >= 4 is 5.78 Å². The van der Waals surface area contributed by atoms with Gasteiger partial charge in [0.25, 0.3) is 0 Å². The highest BCUT2D eigenvalue weighted by Crippen LogP contribution is 2.28. The molecule has 0 saturated carbocycles.